The normalized spacial score (nSPS) is 14.6. The van der Waals surface area contributed by atoms with E-state index in [9.17, 15) is 9.59 Å². The molecule has 3 aromatic carbocycles. The molecule has 0 saturated heterocycles. The van der Waals surface area contributed by atoms with Gasteiger partial charge in [-0.1, -0.05) is 53.3 Å². The molecule has 11 heteroatoms. The van der Waals surface area contributed by atoms with Crippen LogP contribution in [0.3, 0.4) is 0 Å². The quantitative estimate of drug-likeness (QED) is 0.184. The zero-order valence-corrected chi connectivity index (χ0v) is 27.7. The molecule has 5 rings (SSSR count). The number of thiazole rings is 1. The van der Waals surface area contributed by atoms with E-state index >= 15 is 0 Å². The molecule has 44 heavy (non-hydrogen) atoms. The summed E-state index contributed by atoms with van der Waals surface area (Å²) >= 11 is 11.1. The summed E-state index contributed by atoms with van der Waals surface area (Å²) in [5.41, 5.74) is 2.83. The second-order valence-electron chi connectivity index (χ2n) is 9.72. The highest BCUT2D eigenvalue weighted by atomic mass is 79.9. The van der Waals surface area contributed by atoms with Crippen LogP contribution in [0, 0.1) is 0 Å². The van der Waals surface area contributed by atoms with E-state index in [-0.39, 0.29) is 18.8 Å². The third-order valence-electron chi connectivity index (χ3n) is 6.90. The molecule has 1 aliphatic rings. The predicted octanol–water partition coefficient (Wildman–Crippen LogP) is 6.20. The van der Waals surface area contributed by atoms with Crippen LogP contribution >= 0.6 is 38.9 Å². The van der Waals surface area contributed by atoms with Gasteiger partial charge in [-0.05, 0) is 84.2 Å². The lowest BCUT2D eigenvalue weighted by atomic mass is 9.96. The highest BCUT2D eigenvalue weighted by molar-refractivity contribution is 9.10. The number of carbonyl (C=O) groups excluding carboxylic acids is 1. The molecule has 2 heterocycles. The number of benzene rings is 3. The highest BCUT2D eigenvalue weighted by Gasteiger charge is 2.33. The molecule has 1 aromatic heterocycles. The average Bonchev–Trinajstić information content (AvgIpc) is 3.30. The van der Waals surface area contributed by atoms with Crippen LogP contribution in [0.2, 0.25) is 5.02 Å². The lowest BCUT2D eigenvalue weighted by molar-refractivity contribution is -0.139. The van der Waals surface area contributed by atoms with Gasteiger partial charge in [0, 0.05) is 10.6 Å². The molecule has 0 spiro atoms. The van der Waals surface area contributed by atoms with Gasteiger partial charge < -0.3 is 18.9 Å². The fourth-order valence-electron chi connectivity index (χ4n) is 4.90. The maximum atomic E-state index is 14.0. The van der Waals surface area contributed by atoms with Crippen LogP contribution in [0.5, 0.6) is 17.2 Å². The molecule has 4 aromatic rings. The maximum Gasteiger partial charge on any atom is 0.338 e. The number of nitrogens with zero attached hydrogens (tertiary/aromatic N) is 2. The first-order valence-electron chi connectivity index (χ1n) is 13.9. The molecule has 0 unspecified atom stereocenters. The topological polar surface area (TPSA) is 88.4 Å². The van der Waals surface area contributed by atoms with Crippen LogP contribution in [0.15, 0.2) is 86.2 Å². The van der Waals surface area contributed by atoms with Crippen molar-refractivity contribution in [1.29, 1.82) is 0 Å². The van der Waals surface area contributed by atoms with Crippen LogP contribution in [-0.2, 0) is 16.1 Å². The number of halogens is 2. The standard InChI is InChI=1S/C33H30BrClN2O6S/c1-5-41-23-13-11-21(12-14-23)29-28(32(39)42-6-2)19(3)36-33-37(29)31(38)27(44-33)17-20-15-24(34)30(26(16-20)40-4)43-18-22-9-7-8-10-25(22)35/h7-17,29H,5-6,18H2,1-4H3/b27-17-/t29-/m0/s1. The number of allylic oxidation sites excluding steroid dienone is 1. The van der Waals surface area contributed by atoms with Crippen LogP contribution in [-0.4, -0.2) is 30.9 Å². The van der Waals surface area contributed by atoms with Gasteiger partial charge in [0.15, 0.2) is 16.3 Å². The van der Waals surface area contributed by atoms with Crippen LogP contribution in [0.4, 0.5) is 0 Å². The van der Waals surface area contributed by atoms with Crippen molar-refractivity contribution >= 4 is 50.9 Å². The molecular formula is C33H30BrClN2O6S. The monoisotopic (exact) mass is 696 g/mol. The molecule has 1 aliphatic heterocycles. The molecule has 0 bridgehead atoms. The molecule has 0 amide bonds. The SMILES string of the molecule is CCOC(=O)C1=C(C)N=c2s/c(=C\c3cc(Br)c(OCc4ccccc4Cl)c(OC)c3)c(=O)n2[C@H]1c1ccc(OCC)cc1. The lowest BCUT2D eigenvalue weighted by Crippen LogP contribution is -2.39. The minimum atomic E-state index is -0.718. The fourth-order valence-corrected chi connectivity index (χ4v) is 6.71. The van der Waals surface area contributed by atoms with E-state index in [1.807, 2.05) is 61.5 Å². The van der Waals surface area contributed by atoms with Crippen molar-refractivity contribution in [3.8, 4) is 17.2 Å². The summed E-state index contributed by atoms with van der Waals surface area (Å²) in [6.45, 7) is 6.39. The van der Waals surface area contributed by atoms with Crippen molar-refractivity contribution in [2.45, 2.75) is 33.4 Å². The van der Waals surface area contributed by atoms with Gasteiger partial charge in [-0.2, -0.15) is 0 Å². The molecule has 0 fully saturated rings. The smallest absolute Gasteiger partial charge is 0.338 e. The van der Waals surface area contributed by atoms with E-state index < -0.39 is 12.0 Å². The molecule has 8 nitrogen and oxygen atoms in total. The van der Waals surface area contributed by atoms with Gasteiger partial charge in [0.05, 0.1) is 46.6 Å². The van der Waals surface area contributed by atoms with E-state index in [0.717, 1.165) is 11.1 Å². The van der Waals surface area contributed by atoms with Crippen molar-refractivity contribution < 1.29 is 23.7 Å². The Labute approximate surface area is 272 Å². The van der Waals surface area contributed by atoms with Gasteiger partial charge in [0.2, 0.25) is 0 Å². The Bertz CT molecular complexity index is 1920. The van der Waals surface area contributed by atoms with Gasteiger partial charge in [0.25, 0.3) is 5.56 Å². The second kappa shape index (κ2) is 13.8. The zero-order valence-electron chi connectivity index (χ0n) is 24.6. The molecule has 0 N–H and O–H groups in total. The number of aromatic nitrogens is 1. The Morgan fingerprint density at radius 3 is 2.52 bits per heavy atom. The van der Waals surface area contributed by atoms with Crippen LogP contribution < -0.4 is 29.1 Å². The summed E-state index contributed by atoms with van der Waals surface area (Å²) in [5, 5.41) is 0.611. The number of carbonyl (C=O) groups is 1. The third kappa shape index (κ3) is 6.47. The first-order chi connectivity index (χ1) is 21.2. The van der Waals surface area contributed by atoms with Gasteiger partial charge in [-0.25, -0.2) is 9.79 Å². The number of esters is 1. The summed E-state index contributed by atoms with van der Waals surface area (Å²) in [5.74, 6) is 1.18. The number of methoxy groups -OCH3 is 1. The number of ether oxygens (including phenoxy) is 4. The highest BCUT2D eigenvalue weighted by Crippen LogP contribution is 2.38. The summed E-state index contributed by atoms with van der Waals surface area (Å²) in [7, 11) is 1.55. The van der Waals surface area contributed by atoms with Crippen molar-refractivity contribution in [3.05, 3.63) is 118 Å². The number of hydrogen-bond acceptors (Lipinski definition) is 8. The number of fused-ring (bicyclic) bond motifs is 1. The largest absolute Gasteiger partial charge is 0.494 e. The number of hydrogen-bond donors (Lipinski definition) is 0. The van der Waals surface area contributed by atoms with E-state index in [4.69, 9.17) is 30.5 Å². The Balaban J connectivity index is 1.57. The fraction of sp³-hybridized carbons (Fsp3) is 0.242. The second-order valence-corrected chi connectivity index (χ2v) is 12.0. The molecule has 228 valence electrons. The lowest BCUT2D eigenvalue weighted by Gasteiger charge is -2.24. The van der Waals surface area contributed by atoms with E-state index in [1.165, 1.54) is 11.3 Å². The van der Waals surface area contributed by atoms with Crippen LogP contribution in [0.1, 0.15) is 43.5 Å². The van der Waals surface area contributed by atoms with Gasteiger partial charge in [0.1, 0.15) is 12.4 Å². The Hall–Kier alpha value is -3.86. The third-order valence-corrected chi connectivity index (χ3v) is 8.84. The molecule has 0 saturated carbocycles. The minimum Gasteiger partial charge on any atom is -0.494 e. The van der Waals surface area contributed by atoms with E-state index in [2.05, 4.69) is 20.9 Å². The van der Waals surface area contributed by atoms with Crippen molar-refractivity contribution in [2.75, 3.05) is 20.3 Å². The Morgan fingerprint density at radius 2 is 1.84 bits per heavy atom. The maximum absolute atomic E-state index is 14.0. The molecule has 0 radical (unpaired) electrons. The van der Waals surface area contributed by atoms with Gasteiger partial charge in [-0.3, -0.25) is 9.36 Å². The van der Waals surface area contributed by atoms with Crippen molar-refractivity contribution in [1.82, 2.24) is 4.57 Å². The first kappa shape index (κ1) is 31.6. The van der Waals surface area contributed by atoms with Gasteiger partial charge in [-0.15, -0.1) is 0 Å². The van der Waals surface area contributed by atoms with E-state index in [0.29, 0.717) is 59.5 Å². The zero-order chi connectivity index (χ0) is 31.4. The van der Waals surface area contributed by atoms with Gasteiger partial charge >= 0.3 is 5.97 Å². The minimum absolute atomic E-state index is 0.199. The predicted molar refractivity (Wildman–Crippen MR) is 174 cm³/mol. The summed E-state index contributed by atoms with van der Waals surface area (Å²) < 4.78 is 25.3. The summed E-state index contributed by atoms with van der Waals surface area (Å²) in [6, 6.07) is 17.8. The summed E-state index contributed by atoms with van der Waals surface area (Å²) in [6.07, 6.45) is 1.77. The average molecular weight is 698 g/mol. The van der Waals surface area contributed by atoms with E-state index in [1.54, 1.807) is 37.7 Å². The molecule has 0 aliphatic carbocycles. The number of rotatable bonds is 10. The first-order valence-corrected chi connectivity index (χ1v) is 15.9. The van der Waals surface area contributed by atoms with Crippen molar-refractivity contribution in [3.63, 3.8) is 0 Å². The Kier molecular flexibility index (Phi) is 9.93. The molecular weight excluding hydrogens is 668 g/mol. The van der Waals surface area contributed by atoms with Crippen LogP contribution in [0.25, 0.3) is 6.08 Å². The summed E-state index contributed by atoms with van der Waals surface area (Å²) in [4.78, 5) is 32.3. The van der Waals surface area contributed by atoms with Crippen molar-refractivity contribution in [2.24, 2.45) is 4.99 Å². The molecule has 1 atom stereocenters. The Morgan fingerprint density at radius 1 is 1.09 bits per heavy atom.